The summed E-state index contributed by atoms with van der Waals surface area (Å²) < 4.78 is 0. The number of hydrogen-bond donors (Lipinski definition) is 1. The molecule has 5 heteroatoms. The van der Waals surface area contributed by atoms with E-state index >= 15 is 0 Å². The van der Waals surface area contributed by atoms with Crippen LogP contribution in [0.3, 0.4) is 0 Å². The summed E-state index contributed by atoms with van der Waals surface area (Å²) >= 11 is 0. The molecule has 0 aliphatic rings. The van der Waals surface area contributed by atoms with Crippen LogP contribution in [0.1, 0.15) is 19.3 Å². The Hall–Kier alpha value is -1.48. The van der Waals surface area contributed by atoms with Crippen molar-refractivity contribution in [3.05, 3.63) is 22.7 Å². The fourth-order valence-corrected chi connectivity index (χ4v) is 0.557. The lowest BCUT2D eigenvalue weighted by Crippen LogP contribution is -1.93. The van der Waals surface area contributed by atoms with Crippen LogP contribution in [0.25, 0.3) is 10.4 Å². The number of carboxylic acids is 1. The van der Waals surface area contributed by atoms with Gasteiger partial charge in [-0.25, -0.2) is 0 Å². The lowest BCUT2D eigenvalue weighted by Gasteiger charge is -1.94. The molecule has 0 bridgehead atoms. The Kier molecular flexibility index (Phi) is 4.60. The standard InChI is InChI=1S/C6H9N3O2/c1-5(8-9-7)3-2-4-6(10)11/h1-4H2,(H,10,11). The van der Waals surface area contributed by atoms with E-state index in [0.29, 0.717) is 18.5 Å². The molecule has 60 valence electrons. The van der Waals surface area contributed by atoms with E-state index in [9.17, 15) is 4.79 Å². The minimum atomic E-state index is -0.848. The number of hydrogen-bond acceptors (Lipinski definition) is 2. The molecule has 0 radical (unpaired) electrons. The van der Waals surface area contributed by atoms with Gasteiger partial charge in [0.2, 0.25) is 0 Å². The second-order valence-electron chi connectivity index (χ2n) is 2.00. The van der Waals surface area contributed by atoms with Crippen LogP contribution in [0, 0.1) is 0 Å². The maximum absolute atomic E-state index is 10.0. The molecule has 0 aromatic rings. The minimum absolute atomic E-state index is 0.0833. The van der Waals surface area contributed by atoms with Crippen molar-refractivity contribution in [1.29, 1.82) is 0 Å². The van der Waals surface area contributed by atoms with Crippen molar-refractivity contribution in [3.8, 4) is 0 Å². The lowest BCUT2D eigenvalue weighted by atomic mass is 10.2. The van der Waals surface area contributed by atoms with Gasteiger partial charge in [0.1, 0.15) is 0 Å². The fourth-order valence-electron chi connectivity index (χ4n) is 0.557. The van der Waals surface area contributed by atoms with Crippen LogP contribution in [0.4, 0.5) is 0 Å². The van der Waals surface area contributed by atoms with Crippen LogP contribution in [-0.4, -0.2) is 11.1 Å². The van der Waals surface area contributed by atoms with Crippen molar-refractivity contribution in [3.63, 3.8) is 0 Å². The molecule has 0 rings (SSSR count). The average Bonchev–Trinajstić information content (AvgIpc) is 1.87. The summed E-state index contributed by atoms with van der Waals surface area (Å²) in [5.74, 6) is -0.848. The van der Waals surface area contributed by atoms with E-state index in [1.54, 1.807) is 0 Å². The molecule has 5 nitrogen and oxygen atoms in total. The van der Waals surface area contributed by atoms with Crippen molar-refractivity contribution < 1.29 is 9.90 Å². The van der Waals surface area contributed by atoms with E-state index in [1.807, 2.05) is 0 Å². The molecule has 0 saturated heterocycles. The van der Waals surface area contributed by atoms with Gasteiger partial charge in [-0.15, -0.1) is 0 Å². The highest BCUT2D eigenvalue weighted by atomic mass is 16.4. The van der Waals surface area contributed by atoms with Crippen LogP contribution in [0.2, 0.25) is 0 Å². The third-order valence-electron chi connectivity index (χ3n) is 1.04. The molecule has 0 aromatic carbocycles. The normalized spacial score (nSPS) is 8.36. The average molecular weight is 155 g/mol. The first-order chi connectivity index (χ1) is 5.16. The number of allylic oxidation sites excluding steroid dienone is 1. The third-order valence-corrected chi connectivity index (χ3v) is 1.04. The van der Waals surface area contributed by atoms with Crippen molar-refractivity contribution in [2.75, 3.05) is 0 Å². The van der Waals surface area contributed by atoms with Gasteiger partial charge in [-0.3, -0.25) is 4.79 Å². The smallest absolute Gasteiger partial charge is 0.303 e. The van der Waals surface area contributed by atoms with E-state index in [-0.39, 0.29) is 6.42 Å². The van der Waals surface area contributed by atoms with E-state index in [0.717, 1.165) is 0 Å². The summed E-state index contributed by atoms with van der Waals surface area (Å²) in [6.45, 7) is 3.43. The van der Waals surface area contributed by atoms with Gasteiger partial charge >= 0.3 is 5.97 Å². The van der Waals surface area contributed by atoms with Gasteiger partial charge < -0.3 is 5.11 Å². The molecule has 11 heavy (non-hydrogen) atoms. The lowest BCUT2D eigenvalue weighted by molar-refractivity contribution is -0.137. The number of azide groups is 1. The Morgan fingerprint density at radius 3 is 2.73 bits per heavy atom. The Morgan fingerprint density at radius 1 is 1.64 bits per heavy atom. The summed E-state index contributed by atoms with van der Waals surface area (Å²) in [5.41, 5.74) is 8.31. The zero-order valence-electron chi connectivity index (χ0n) is 6.03. The van der Waals surface area contributed by atoms with Crippen LogP contribution in [-0.2, 0) is 4.79 Å². The maximum Gasteiger partial charge on any atom is 0.303 e. The first-order valence-electron chi connectivity index (χ1n) is 3.11. The Morgan fingerprint density at radius 2 is 2.27 bits per heavy atom. The number of nitrogens with zero attached hydrogens (tertiary/aromatic N) is 3. The number of aliphatic carboxylic acids is 1. The predicted molar refractivity (Wildman–Crippen MR) is 39.8 cm³/mol. The summed E-state index contributed by atoms with van der Waals surface area (Å²) in [6, 6.07) is 0. The number of rotatable bonds is 5. The van der Waals surface area contributed by atoms with Crippen LogP contribution in [0.5, 0.6) is 0 Å². The highest BCUT2D eigenvalue weighted by Crippen LogP contribution is 2.05. The largest absolute Gasteiger partial charge is 0.481 e. The van der Waals surface area contributed by atoms with Crippen molar-refractivity contribution >= 4 is 5.97 Å². The van der Waals surface area contributed by atoms with Gasteiger partial charge in [-0.1, -0.05) is 11.7 Å². The molecule has 0 atom stereocenters. The molecule has 0 heterocycles. The molecule has 0 amide bonds. The molecule has 0 saturated carbocycles. The van der Waals surface area contributed by atoms with Gasteiger partial charge in [0.25, 0.3) is 0 Å². The zero-order valence-corrected chi connectivity index (χ0v) is 6.03. The van der Waals surface area contributed by atoms with Gasteiger partial charge in [0.15, 0.2) is 0 Å². The van der Waals surface area contributed by atoms with E-state index in [4.69, 9.17) is 10.6 Å². The van der Waals surface area contributed by atoms with E-state index < -0.39 is 5.97 Å². The van der Waals surface area contributed by atoms with E-state index in [1.165, 1.54) is 0 Å². The SMILES string of the molecule is C=C(CCCC(=O)O)N=[N+]=[N-]. The van der Waals surface area contributed by atoms with Crippen LogP contribution in [0.15, 0.2) is 17.4 Å². The molecule has 1 N–H and O–H groups in total. The summed E-state index contributed by atoms with van der Waals surface area (Å²) in [5, 5.41) is 11.4. The molecule has 0 spiro atoms. The van der Waals surface area contributed by atoms with Crippen LogP contribution < -0.4 is 0 Å². The third kappa shape index (κ3) is 6.40. The highest BCUT2D eigenvalue weighted by Gasteiger charge is 1.96. The molecule has 0 unspecified atom stereocenters. The number of carboxylic acid groups (broad SMARTS) is 1. The predicted octanol–water partition coefficient (Wildman–Crippen LogP) is 2.07. The highest BCUT2D eigenvalue weighted by molar-refractivity contribution is 5.66. The summed E-state index contributed by atoms with van der Waals surface area (Å²) in [6.07, 6.45) is 0.990. The zero-order chi connectivity index (χ0) is 8.69. The Bertz CT molecular complexity index is 206. The monoisotopic (exact) mass is 155 g/mol. The minimum Gasteiger partial charge on any atom is -0.481 e. The first kappa shape index (κ1) is 9.52. The van der Waals surface area contributed by atoms with Crippen molar-refractivity contribution in [2.45, 2.75) is 19.3 Å². The topological polar surface area (TPSA) is 86.1 Å². The second kappa shape index (κ2) is 5.32. The van der Waals surface area contributed by atoms with Crippen LogP contribution >= 0.6 is 0 Å². The molecule has 0 fully saturated rings. The van der Waals surface area contributed by atoms with Crippen molar-refractivity contribution in [2.24, 2.45) is 5.11 Å². The molecule has 0 aliphatic carbocycles. The summed E-state index contributed by atoms with van der Waals surface area (Å²) in [7, 11) is 0. The molecule has 0 aromatic heterocycles. The second-order valence-corrected chi connectivity index (χ2v) is 2.00. The quantitative estimate of drug-likeness (QED) is 0.374. The van der Waals surface area contributed by atoms with Gasteiger partial charge in [-0.05, 0) is 18.4 Å². The van der Waals surface area contributed by atoms with E-state index in [2.05, 4.69) is 16.6 Å². The number of carbonyl (C=O) groups is 1. The van der Waals surface area contributed by atoms with Gasteiger partial charge in [0.05, 0.1) is 0 Å². The Labute approximate surface area is 64.0 Å². The molecular weight excluding hydrogens is 146 g/mol. The maximum atomic E-state index is 10.0. The fraction of sp³-hybridized carbons (Fsp3) is 0.500. The first-order valence-corrected chi connectivity index (χ1v) is 3.11. The summed E-state index contributed by atoms with van der Waals surface area (Å²) in [4.78, 5) is 12.5. The van der Waals surface area contributed by atoms with Gasteiger partial charge in [0, 0.05) is 17.0 Å². The van der Waals surface area contributed by atoms with Crippen molar-refractivity contribution in [1.82, 2.24) is 0 Å². The molecule has 0 aliphatic heterocycles. The van der Waals surface area contributed by atoms with Gasteiger partial charge in [-0.2, -0.15) is 0 Å². The Balaban J connectivity index is 3.47. The molecular formula is C6H9N3O2.